The fraction of sp³-hybridized carbons (Fsp3) is 0.375. The van der Waals surface area contributed by atoms with Crippen molar-refractivity contribution in [2.24, 2.45) is 0 Å². The van der Waals surface area contributed by atoms with Crippen molar-refractivity contribution in [1.82, 2.24) is 20.4 Å². The first-order valence-electron chi connectivity index (χ1n) is 7.48. The van der Waals surface area contributed by atoms with Gasteiger partial charge in [-0.3, -0.25) is 9.89 Å². The SMILES string of the molecule is CC(c1cc(F)ccc1F)N(C)C(=O)c1n[nH]c2c1CNCC2.Cl. The van der Waals surface area contributed by atoms with Gasteiger partial charge in [-0.15, -0.1) is 12.4 Å². The minimum Gasteiger partial charge on any atom is -0.333 e. The van der Waals surface area contributed by atoms with Gasteiger partial charge in [-0.25, -0.2) is 8.78 Å². The van der Waals surface area contributed by atoms with Gasteiger partial charge in [0.1, 0.15) is 11.6 Å². The number of hydrogen-bond donors (Lipinski definition) is 2. The third-order valence-electron chi connectivity index (χ3n) is 4.32. The van der Waals surface area contributed by atoms with Crippen LogP contribution in [0.25, 0.3) is 0 Å². The smallest absolute Gasteiger partial charge is 0.274 e. The van der Waals surface area contributed by atoms with Gasteiger partial charge in [0.25, 0.3) is 5.91 Å². The Morgan fingerprint density at radius 3 is 2.88 bits per heavy atom. The van der Waals surface area contributed by atoms with Crippen molar-refractivity contribution >= 4 is 18.3 Å². The summed E-state index contributed by atoms with van der Waals surface area (Å²) in [5.74, 6) is -1.39. The van der Waals surface area contributed by atoms with Crippen molar-refractivity contribution in [1.29, 1.82) is 0 Å². The topological polar surface area (TPSA) is 61.0 Å². The third kappa shape index (κ3) is 3.27. The summed E-state index contributed by atoms with van der Waals surface area (Å²) in [5, 5.41) is 10.2. The predicted octanol–water partition coefficient (Wildman–Crippen LogP) is 2.59. The molecule has 8 heteroatoms. The molecule has 0 spiro atoms. The number of amides is 1. The number of H-pyrrole nitrogens is 1. The molecule has 0 radical (unpaired) electrons. The summed E-state index contributed by atoms with van der Waals surface area (Å²) in [7, 11) is 1.56. The van der Waals surface area contributed by atoms with Crippen molar-refractivity contribution in [3.8, 4) is 0 Å². The molecule has 0 saturated heterocycles. The van der Waals surface area contributed by atoms with E-state index in [0.29, 0.717) is 12.2 Å². The van der Waals surface area contributed by atoms with Gasteiger partial charge in [-0.2, -0.15) is 5.10 Å². The minimum atomic E-state index is -0.609. The molecule has 1 aliphatic heterocycles. The summed E-state index contributed by atoms with van der Waals surface area (Å²) in [4.78, 5) is 14.1. The fourth-order valence-corrected chi connectivity index (χ4v) is 2.79. The molecule has 0 saturated carbocycles. The number of nitrogens with zero attached hydrogens (tertiary/aromatic N) is 2. The number of rotatable bonds is 3. The van der Waals surface area contributed by atoms with Gasteiger partial charge in [-0.05, 0) is 25.1 Å². The highest BCUT2D eigenvalue weighted by atomic mass is 35.5. The summed E-state index contributed by atoms with van der Waals surface area (Å²) in [6.07, 6.45) is 0.785. The second kappa shape index (κ2) is 7.27. The number of aromatic nitrogens is 2. The van der Waals surface area contributed by atoms with Crippen LogP contribution in [0, 0.1) is 11.6 Å². The van der Waals surface area contributed by atoms with E-state index in [-0.39, 0.29) is 23.9 Å². The highest BCUT2D eigenvalue weighted by Crippen LogP contribution is 2.25. The first kappa shape index (κ1) is 18.4. The van der Waals surface area contributed by atoms with Crippen LogP contribution in [0.1, 0.15) is 40.3 Å². The lowest BCUT2D eigenvalue weighted by molar-refractivity contribution is 0.0733. The maximum absolute atomic E-state index is 13.9. The van der Waals surface area contributed by atoms with Crippen LogP contribution in [0.2, 0.25) is 0 Å². The van der Waals surface area contributed by atoms with Crippen LogP contribution in [-0.4, -0.2) is 34.6 Å². The van der Waals surface area contributed by atoms with E-state index in [9.17, 15) is 13.6 Å². The highest BCUT2D eigenvalue weighted by Gasteiger charge is 2.27. The molecule has 130 valence electrons. The van der Waals surface area contributed by atoms with E-state index in [0.717, 1.165) is 42.4 Å². The van der Waals surface area contributed by atoms with E-state index in [1.165, 1.54) is 4.90 Å². The maximum Gasteiger partial charge on any atom is 0.274 e. The molecule has 3 rings (SSSR count). The lowest BCUT2D eigenvalue weighted by atomic mass is 10.0. The van der Waals surface area contributed by atoms with E-state index in [1.807, 2.05) is 0 Å². The zero-order chi connectivity index (χ0) is 16.6. The molecule has 0 aliphatic carbocycles. The zero-order valence-corrected chi connectivity index (χ0v) is 14.2. The molecular weight excluding hydrogens is 338 g/mol. The van der Waals surface area contributed by atoms with Gasteiger partial charge in [0.15, 0.2) is 5.69 Å². The summed E-state index contributed by atoms with van der Waals surface area (Å²) < 4.78 is 27.3. The van der Waals surface area contributed by atoms with Crippen LogP contribution in [0.5, 0.6) is 0 Å². The van der Waals surface area contributed by atoms with Crippen molar-refractivity contribution in [3.05, 3.63) is 52.3 Å². The molecule has 2 aromatic rings. The Labute approximate surface area is 144 Å². The molecule has 5 nitrogen and oxygen atoms in total. The standard InChI is InChI=1S/C16H18F2N4O.ClH/c1-9(11-7-10(17)3-4-13(11)18)22(2)16(23)15-12-8-19-6-5-14(12)20-21-15;/h3-4,7,9,19H,5-6,8H2,1-2H3,(H,20,21);1H. The molecule has 24 heavy (non-hydrogen) atoms. The van der Waals surface area contributed by atoms with Crippen molar-refractivity contribution in [3.63, 3.8) is 0 Å². The highest BCUT2D eigenvalue weighted by molar-refractivity contribution is 5.94. The Bertz CT molecular complexity index is 750. The van der Waals surface area contributed by atoms with Crippen molar-refractivity contribution in [2.75, 3.05) is 13.6 Å². The fourth-order valence-electron chi connectivity index (χ4n) is 2.79. The number of carbonyl (C=O) groups excluding carboxylic acids is 1. The number of fused-ring (bicyclic) bond motifs is 1. The average Bonchev–Trinajstić information content (AvgIpc) is 2.99. The molecule has 2 N–H and O–H groups in total. The summed E-state index contributed by atoms with van der Waals surface area (Å²) in [6, 6.07) is 2.64. The number of aromatic amines is 1. The molecule has 0 bridgehead atoms. The van der Waals surface area contributed by atoms with E-state index in [2.05, 4.69) is 15.5 Å². The summed E-state index contributed by atoms with van der Waals surface area (Å²) in [5.41, 5.74) is 2.27. The van der Waals surface area contributed by atoms with Gasteiger partial charge in [0, 0.05) is 43.4 Å². The van der Waals surface area contributed by atoms with Crippen LogP contribution >= 0.6 is 12.4 Å². The monoisotopic (exact) mass is 356 g/mol. The van der Waals surface area contributed by atoms with Gasteiger partial charge in [0.05, 0.1) is 6.04 Å². The Hall–Kier alpha value is -1.99. The predicted molar refractivity (Wildman–Crippen MR) is 88.1 cm³/mol. The number of halogens is 3. The Kier molecular flexibility index (Phi) is 5.56. The molecule has 1 aromatic carbocycles. The average molecular weight is 357 g/mol. The van der Waals surface area contributed by atoms with Gasteiger partial charge in [-0.1, -0.05) is 0 Å². The number of benzene rings is 1. The van der Waals surface area contributed by atoms with Crippen LogP contribution in [-0.2, 0) is 13.0 Å². The van der Waals surface area contributed by atoms with Crippen molar-refractivity contribution < 1.29 is 13.6 Å². The van der Waals surface area contributed by atoms with E-state index < -0.39 is 17.7 Å². The van der Waals surface area contributed by atoms with Crippen LogP contribution in [0.4, 0.5) is 8.78 Å². The molecule has 1 aliphatic rings. The second-order valence-corrected chi connectivity index (χ2v) is 5.71. The maximum atomic E-state index is 13.9. The molecule has 1 atom stereocenters. The lowest BCUT2D eigenvalue weighted by Crippen LogP contribution is -2.32. The van der Waals surface area contributed by atoms with E-state index >= 15 is 0 Å². The van der Waals surface area contributed by atoms with E-state index in [4.69, 9.17) is 0 Å². The Morgan fingerprint density at radius 2 is 2.12 bits per heavy atom. The largest absolute Gasteiger partial charge is 0.333 e. The first-order valence-corrected chi connectivity index (χ1v) is 7.48. The molecule has 1 amide bonds. The van der Waals surface area contributed by atoms with Crippen LogP contribution in [0.15, 0.2) is 18.2 Å². The zero-order valence-electron chi connectivity index (χ0n) is 13.4. The quantitative estimate of drug-likeness (QED) is 0.888. The van der Waals surface area contributed by atoms with Gasteiger partial charge in [0.2, 0.25) is 0 Å². The molecule has 0 fully saturated rings. The molecule has 2 heterocycles. The second-order valence-electron chi connectivity index (χ2n) is 5.71. The number of carbonyl (C=O) groups is 1. The normalized spacial score (nSPS) is 14.5. The van der Waals surface area contributed by atoms with Crippen LogP contribution in [0.3, 0.4) is 0 Å². The molecular formula is C16H19ClF2N4O. The Morgan fingerprint density at radius 1 is 1.38 bits per heavy atom. The minimum absolute atomic E-state index is 0. The third-order valence-corrected chi connectivity index (χ3v) is 4.32. The summed E-state index contributed by atoms with van der Waals surface area (Å²) in [6.45, 7) is 3.07. The van der Waals surface area contributed by atoms with E-state index in [1.54, 1.807) is 14.0 Å². The molecule has 1 aromatic heterocycles. The number of nitrogens with one attached hydrogen (secondary N) is 2. The molecule has 1 unspecified atom stereocenters. The van der Waals surface area contributed by atoms with Crippen molar-refractivity contribution in [2.45, 2.75) is 25.9 Å². The number of hydrogen-bond acceptors (Lipinski definition) is 3. The van der Waals surface area contributed by atoms with Gasteiger partial charge >= 0.3 is 0 Å². The lowest BCUT2D eigenvalue weighted by Gasteiger charge is -2.25. The summed E-state index contributed by atoms with van der Waals surface area (Å²) >= 11 is 0. The Balaban J connectivity index is 0.00000208. The van der Waals surface area contributed by atoms with Crippen LogP contribution < -0.4 is 5.32 Å². The first-order chi connectivity index (χ1) is 11.0. The van der Waals surface area contributed by atoms with Gasteiger partial charge < -0.3 is 10.2 Å².